The van der Waals surface area contributed by atoms with Crippen LogP contribution in [0.25, 0.3) is 0 Å². The molecule has 106 valence electrons. The van der Waals surface area contributed by atoms with Crippen LogP contribution in [-0.4, -0.2) is 6.54 Å². The summed E-state index contributed by atoms with van der Waals surface area (Å²) >= 11 is 0. The number of alkyl halides is 2. The maximum absolute atomic E-state index is 13.9. The van der Waals surface area contributed by atoms with Crippen molar-refractivity contribution in [3.63, 3.8) is 0 Å². The highest BCUT2D eigenvalue weighted by atomic mass is 19.3. The minimum atomic E-state index is -3.22. The van der Waals surface area contributed by atoms with Crippen molar-refractivity contribution in [3.05, 3.63) is 65.2 Å². The van der Waals surface area contributed by atoms with Crippen LogP contribution in [0.4, 0.5) is 23.2 Å². The summed E-state index contributed by atoms with van der Waals surface area (Å²) in [6.07, 6.45) is 0. The summed E-state index contributed by atoms with van der Waals surface area (Å²) in [6, 6.07) is 9.42. The fourth-order valence-electron chi connectivity index (χ4n) is 1.80. The van der Waals surface area contributed by atoms with Crippen LogP contribution in [0.5, 0.6) is 0 Å². The van der Waals surface area contributed by atoms with E-state index < -0.39 is 29.8 Å². The lowest BCUT2D eigenvalue weighted by atomic mass is 10.1. The number of hydrogen-bond acceptors (Lipinski definition) is 1. The van der Waals surface area contributed by atoms with Crippen LogP contribution in [0.15, 0.2) is 42.5 Å². The first-order valence-corrected chi connectivity index (χ1v) is 6.03. The summed E-state index contributed by atoms with van der Waals surface area (Å²) in [5.74, 6) is -4.96. The molecule has 0 fully saturated rings. The molecule has 2 aromatic rings. The normalized spacial score (nSPS) is 11.4. The maximum Gasteiger partial charge on any atom is 0.290 e. The van der Waals surface area contributed by atoms with Gasteiger partial charge in [-0.3, -0.25) is 0 Å². The summed E-state index contributed by atoms with van der Waals surface area (Å²) in [7, 11) is 0. The summed E-state index contributed by atoms with van der Waals surface area (Å²) in [5.41, 5.74) is -0.543. The third-order valence-corrected chi connectivity index (χ3v) is 2.97. The van der Waals surface area contributed by atoms with Gasteiger partial charge in [-0.15, -0.1) is 0 Å². The van der Waals surface area contributed by atoms with Gasteiger partial charge in [-0.25, -0.2) is 8.78 Å². The highest BCUT2D eigenvalue weighted by molar-refractivity contribution is 5.49. The molecular formula is C15H13F4N. The number of nitrogens with one attached hydrogen (secondary N) is 1. The highest BCUT2D eigenvalue weighted by Crippen LogP contribution is 2.29. The Balaban J connectivity index is 2.19. The van der Waals surface area contributed by atoms with Gasteiger partial charge in [0.2, 0.25) is 0 Å². The second-order valence-corrected chi connectivity index (χ2v) is 4.48. The first-order chi connectivity index (χ1) is 9.42. The third-order valence-electron chi connectivity index (χ3n) is 2.97. The minimum Gasteiger partial charge on any atom is -0.374 e. The summed E-state index contributed by atoms with van der Waals surface area (Å²) in [6.45, 7) is 0.559. The van der Waals surface area contributed by atoms with Gasteiger partial charge >= 0.3 is 0 Å². The smallest absolute Gasteiger partial charge is 0.290 e. The SMILES string of the molecule is Cc1ccc(F)c(NCC(F)(F)c2ccccc2)c1F. The van der Waals surface area contributed by atoms with Gasteiger partial charge in [-0.05, 0) is 18.6 Å². The monoisotopic (exact) mass is 283 g/mol. The van der Waals surface area contributed by atoms with E-state index in [1.54, 1.807) is 6.07 Å². The number of anilines is 1. The van der Waals surface area contributed by atoms with Crippen LogP contribution >= 0.6 is 0 Å². The van der Waals surface area contributed by atoms with E-state index in [1.165, 1.54) is 37.3 Å². The molecule has 1 N–H and O–H groups in total. The quantitative estimate of drug-likeness (QED) is 0.816. The molecule has 0 saturated heterocycles. The molecule has 2 aromatic carbocycles. The van der Waals surface area contributed by atoms with Crippen LogP contribution < -0.4 is 5.32 Å². The maximum atomic E-state index is 13.9. The van der Waals surface area contributed by atoms with E-state index >= 15 is 0 Å². The molecule has 0 unspecified atom stereocenters. The molecular weight excluding hydrogens is 270 g/mol. The third kappa shape index (κ3) is 2.92. The van der Waals surface area contributed by atoms with Gasteiger partial charge in [-0.2, -0.15) is 8.78 Å². The van der Waals surface area contributed by atoms with E-state index in [9.17, 15) is 17.6 Å². The van der Waals surface area contributed by atoms with Crippen LogP contribution in [-0.2, 0) is 5.92 Å². The van der Waals surface area contributed by atoms with Crippen molar-refractivity contribution in [1.82, 2.24) is 0 Å². The molecule has 0 aliphatic carbocycles. The zero-order valence-corrected chi connectivity index (χ0v) is 10.8. The highest BCUT2D eigenvalue weighted by Gasteiger charge is 2.31. The van der Waals surface area contributed by atoms with Crippen molar-refractivity contribution in [1.29, 1.82) is 0 Å². The van der Waals surface area contributed by atoms with Crippen molar-refractivity contribution in [2.45, 2.75) is 12.8 Å². The lowest BCUT2D eigenvalue weighted by molar-refractivity contribution is 0.0105. The van der Waals surface area contributed by atoms with Gasteiger partial charge in [0, 0.05) is 5.56 Å². The fraction of sp³-hybridized carbons (Fsp3) is 0.200. The molecule has 0 aromatic heterocycles. The van der Waals surface area contributed by atoms with Gasteiger partial charge in [0.25, 0.3) is 5.92 Å². The summed E-state index contributed by atoms with van der Waals surface area (Å²) in [4.78, 5) is 0. The van der Waals surface area contributed by atoms with Gasteiger partial charge in [0.05, 0.1) is 6.54 Å². The molecule has 0 aliphatic rings. The summed E-state index contributed by atoms with van der Waals surface area (Å²) < 4.78 is 54.9. The Morgan fingerprint density at radius 1 is 1.00 bits per heavy atom. The van der Waals surface area contributed by atoms with Crippen LogP contribution in [0.1, 0.15) is 11.1 Å². The van der Waals surface area contributed by atoms with E-state index in [0.29, 0.717) is 0 Å². The molecule has 2 rings (SSSR count). The van der Waals surface area contributed by atoms with E-state index in [1.807, 2.05) is 0 Å². The molecule has 0 radical (unpaired) electrons. The number of halogens is 4. The Bertz CT molecular complexity index is 596. The summed E-state index contributed by atoms with van der Waals surface area (Å²) in [5, 5.41) is 2.16. The Kier molecular flexibility index (Phi) is 3.97. The molecule has 0 atom stereocenters. The Morgan fingerprint density at radius 3 is 2.30 bits per heavy atom. The van der Waals surface area contributed by atoms with Crippen molar-refractivity contribution >= 4 is 5.69 Å². The Hall–Kier alpha value is -2.04. The predicted octanol–water partition coefficient (Wildman–Crippen LogP) is 4.48. The zero-order valence-electron chi connectivity index (χ0n) is 10.8. The van der Waals surface area contributed by atoms with Crippen molar-refractivity contribution in [2.75, 3.05) is 11.9 Å². The number of hydrogen-bond donors (Lipinski definition) is 1. The van der Waals surface area contributed by atoms with E-state index in [2.05, 4.69) is 5.32 Å². The number of benzene rings is 2. The first-order valence-electron chi connectivity index (χ1n) is 6.03. The molecule has 0 saturated carbocycles. The van der Waals surface area contributed by atoms with E-state index in [0.717, 1.165) is 6.07 Å². The lowest BCUT2D eigenvalue weighted by Crippen LogP contribution is -2.25. The first kappa shape index (κ1) is 14.4. The predicted molar refractivity (Wildman–Crippen MR) is 69.9 cm³/mol. The Morgan fingerprint density at radius 2 is 1.65 bits per heavy atom. The van der Waals surface area contributed by atoms with Crippen LogP contribution in [0.3, 0.4) is 0 Å². The van der Waals surface area contributed by atoms with Crippen LogP contribution in [0.2, 0.25) is 0 Å². The molecule has 0 aliphatic heterocycles. The van der Waals surface area contributed by atoms with E-state index in [4.69, 9.17) is 0 Å². The second-order valence-electron chi connectivity index (χ2n) is 4.48. The number of rotatable bonds is 4. The van der Waals surface area contributed by atoms with Crippen molar-refractivity contribution in [3.8, 4) is 0 Å². The molecule has 0 bridgehead atoms. The van der Waals surface area contributed by atoms with Crippen molar-refractivity contribution < 1.29 is 17.6 Å². The molecule has 1 nitrogen and oxygen atoms in total. The average Bonchev–Trinajstić information content (AvgIpc) is 2.44. The molecule has 0 amide bonds. The zero-order chi connectivity index (χ0) is 14.8. The largest absolute Gasteiger partial charge is 0.374 e. The average molecular weight is 283 g/mol. The van der Waals surface area contributed by atoms with Gasteiger partial charge < -0.3 is 5.32 Å². The lowest BCUT2D eigenvalue weighted by Gasteiger charge is -2.19. The van der Waals surface area contributed by atoms with Crippen molar-refractivity contribution in [2.24, 2.45) is 0 Å². The standard InChI is InChI=1S/C15H13F4N/c1-10-7-8-12(16)14(13(10)17)20-9-15(18,19)11-5-3-2-4-6-11/h2-8,20H,9H2,1H3. The van der Waals surface area contributed by atoms with Gasteiger partial charge in [-0.1, -0.05) is 36.4 Å². The van der Waals surface area contributed by atoms with Crippen LogP contribution in [0, 0.1) is 18.6 Å². The minimum absolute atomic E-state index is 0.192. The topological polar surface area (TPSA) is 12.0 Å². The molecule has 0 spiro atoms. The fourth-order valence-corrected chi connectivity index (χ4v) is 1.80. The van der Waals surface area contributed by atoms with E-state index in [-0.39, 0.29) is 11.1 Å². The Labute approximate surface area is 114 Å². The number of aryl methyl sites for hydroxylation is 1. The molecule has 20 heavy (non-hydrogen) atoms. The molecule has 0 heterocycles. The van der Waals surface area contributed by atoms with Gasteiger partial charge in [0.15, 0.2) is 5.82 Å². The van der Waals surface area contributed by atoms with Gasteiger partial charge in [0.1, 0.15) is 11.5 Å². The molecule has 5 heteroatoms. The second kappa shape index (κ2) is 5.53.